The molecule has 1 unspecified atom stereocenters. The second kappa shape index (κ2) is 6.03. The van der Waals surface area contributed by atoms with E-state index in [0.29, 0.717) is 6.61 Å². The summed E-state index contributed by atoms with van der Waals surface area (Å²) in [5.41, 5.74) is 3.29. The molecule has 1 aromatic heterocycles. The van der Waals surface area contributed by atoms with Crippen LogP contribution in [0, 0.1) is 6.92 Å². The molecule has 2 nitrogen and oxygen atoms in total. The van der Waals surface area contributed by atoms with Crippen LogP contribution < -0.4 is 4.74 Å². The highest BCUT2D eigenvalue weighted by atomic mass is 32.1. The minimum atomic E-state index is -0.499. The Balaban J connectivity index is 2.00. The molecule has 96 valence electrons. The fourth-order valence-electron chi connectivity index (χ4n) is 1.84. The van der Waals surface area contributed by atoms with E-state index in [9.17, 15) is 5.11 Å². The monoisotopic (exact) mass is 262 g/mol. The van der Waals surface area contributed by atoms with Crippen molar-refractivity contribution in [1.82, 2.24) is 0 Å². The van der Waals surface area contributed by atoms with Crippen molar-refractivity contribution < 1.29 is 9.84 Å². The predicted molar refractivity (Wildman–Crippen MR) is 75.3 cm³/mol. The highest BCUT2D eigenvalue weighted by Gasteiger charge is 2.09. The van der Waals surface area contributed by atoms with E-state index in [-0.39, 0.29) is 0 Å². The summed E-state index contributed by atoms with van der Waals surface area (Å²) in [5, 5.41) is 13.9. The van der Waals surface area contributed by atoms with Crippen molar-refractivity contribution >= 4 is 11.3 Å². The maximum Gasteiger partial charge on any atom is 0.125 e. The van der Waals surface area contributed by atoms with Gasteiger partial charge in [0.25, 0.3) is 0 Å². The second-order valence-electron chi connectivity index (χ2n) is 4.45. The van der Waals surface area contributed by atoms with Crippen LogP contribution >= 0.6 is 11.3 Å². The molecule has 1 heterocycles. The van der Waals surface area contributed by atoms with Crippen LogP contribution in [0.2, 0.25) is 0 Å². The molecule has 0 spiro atoms. The van der Waals surface area contributed by atoms with Crippen LogP contribution in [0.1, 0.15) is 29.7 Å². The van der Waals surface area contributed by atoms with Crippen molar-refractivity contribution in [3.05, 3.63) is 51.7 Å². The summed E-state index contributed by atoms with van der Waals surface area (Å²) < 4.78 is 5.77. The van der Waals surface area contributed by atoms with Gasteiger partial charge in [-0.2, -0.15) is 11.3 Å². The summed E-state index contributed by atoms with van der Waals surface area (Å²) in [6.45, 7) is 4.42. The van der Waals surface area contributed by atoms with Crippen LogP contribution in [0.3, 0.4) is 0 Å². The third-order valence-corrected chi connectivity index (χ3v) is 3.58. The lowest BCUT2D eigenvalue weighted by Crippen LogP contribution is -2.04. The smallest absolute Gasteiger partial charge is 0.125 e. The zero-order chi connectivity index (χ0) is 13.0. The zero-order valence-corrected chi connectivity index (χ0v) is 11.5. The Hall–Kier alpha value is -1.32. The Kier molecular flexibility index (Phi) is 4.39. The molecule has 1 aromatic carbocycles. The van der Waals surface area contributed by atoms with E-state index in [4.69, 9.17) is 4.74 Å². The minimum absolute atomic E-state index is 0.499. The largest absolute Gasteiger partial charge is 0.493 e. The predicted octanol–water partition coefficient (Wildman–Crippen LogP) is 3.73. The quantitative estimate of drug-likeness (QED) is 0.889. The Morgan fingerprint density at radius 2 is 2.17 bits per heavy atom. The number of hydrogen-bond acceptors (Lipinski definition) is 3. The molecule has 0 saturated carbocycles. The van der Waals surface area contributed by atoms with E-state index in [1.54, 1.807) is 18.3 Å². The summed E-state index contributed by atoms with van der Waals surface area (Å²) in [4.78, 5) is 0. The number of ether oxygens (including phenoxy) is 1. The van der Waals surface area contributed by atoms with Crippen molar-refractivity contribution in [1.29, 1.82) is 0 Å². The van der Waals surface area contributed by atoms with Crippen molar-refractivity contribution in [2.75, 3.05) is 6.61 Å². The number of benzene rings is 1. The van der Waals surface area contributed by atoms with Gasteiger partial charge in [0.1, 0.15) is 5.75 Å². The lowest BCUT2D eigenvalue weighted by Gasteiger charge is -2.14. The molecule has 2 rings (SSSR count). The molecule has 1 N–H and O–H groups in total. The molecule has 0 aliphatic rings. The minimum Gasteiger partial charge on any atom is -0.493 e. The van der Waals surface area contributed by atoms with Crippen LogP contribution in [-0.4, -0.2) is 11.7 Å². The number of thiophene rings is 1. The fraction of sp³-hybridized carbons (Fsp3) is 0.333. The standard InChI is InChI=1S/C15H18O2S/c1-11-3-4-15(14(9-11)12(2)16)17-7-5-13-6-8-18-10-13/h3-4,6,8-10,12,16H,5,7H2,1-2H3. The van der Waals surface area contributed by atoms with E-state index in [0.717, 1.165) is 23.3 Å². The number of aliphatic hydroxyl groups excluding tert-OH is 1. The third kappa shape index (κ3) is 3.34. The maximum absolute atomic E-state index is 9.73. The van der Waals surface area contributed by atoms with Gasteiger partial charge in [-0.15, -0.1) is 0 Å². The van der Waals surface area contributed by atoms with Crippen molar-refractivity contribution in [2.45, 2.75) is 26.4 Å². The molecular weight excluding hydrogens is 244 g/mol. The van der Waals surface area contributed by atoms with Gasteiger partial charge < -0.3 is 9.84 Å². The Morgan fingerprint density at radius 1 is 1.33 bits per heavy atom. The molecule has 1 atom stereocenters. The number of aryl methyl sites for hydroxylation is 1. The topological polar surface area (TPSA) is 29.5 Å². The van der Waals surface area contributed by atoms with Crippen LogP contribution in [-0.2, 0) is 6.42 Å². The molecule has 3 heteroatoms. The summed E-state index contributed by atoms with van der Waals surface area (Å²) in [6, 6.07) is 8.03. The lowest BCUT2D eigenvalue weighted by molar-refractivity contribution is 0.191. The molecule has 0 saturated heterocycles. The fourth-order valence-corrected chi connectivity index (χ4v) is 2.54. The van der Waals surface area contributed by atoms with E-state index in [2.05, 4.69) is 16.8 Å². The van der Waals surface area contributed by atoms with Gasteiger partial charge in [0.2, 0.25) is 0 Å². The highest BCUT2D eigenvalue weighted by molar-refractivity contribution is 7.07. The van der Waals surface area contributed by atoms with Gasteiger partial charge in [-0.25, -0.2) is 0 Å². The Morgan fingerprint density at radius 3 is 2.83 bits per heavy atom. The lowest BCUT2D eigenvalue weighted by atomic mass is 10.1. The number of rotatable bonds is 5. The highest BCUT2D eigenvalue weighted by Crippen LogP contribution is 2.26. The number of hydrogen-bond donors (Lipinski definition) is 1. The van der Waals surface area contributed by atoms with Gasteiger partial charge in [-0.3, -0.25) is 0 Å². The molecule has 0 aliphatic carbocycles. The van der Waals surface area contributed by atoms with E-state index in [1.807, 2.05) is 25.1 Å². The van der Waals surface area contributed by atoms with Crippen molar-refractivity contribution in [3.63, 3.8) is 0 Å². The normalized spacial score (nSPS) is 12.4. The number of aliphatic hydroxyl groups is 1. The summed E-state index contributed by atoms with van der Waals surface area (Å²) in [5.74, 6) is 0.783. The first-order valence-electron chi connectivity index (χ1n) is 6.09. The second-order valence-corrected chi connectivity index (χ2v) is 5.23. The van der Waals surface area contributed by atoms with E-state index >= 15 is 0 Å². The van der Waals surface area contributed by atoms with Gasteiger partial charge >= 0.3 is 0 Å². The maximum atomic E-state index is 9.73. The van der Waals surface area contributed by atoms with Gasteiger partial charge in [-0.1, -0.05) is 11.6 Å². The first-order chi connectivity index (χ1) is 8.66. The molecule has 0 radical (unpaired) electrons. The first kappa shape index (κ1) is 13.1. The van der Waals surface area contributed by atoms with Crippen molar-refractivity contribution in [3.8, 4) is 5.75 Å². The molecular formula is C15H18O2S. The van der Waals surface area contributed by atoms with Crippen molar-refractivity contribution in [2.24, 2.45) is 0 Å². The van der Waals surface area contributed by atoms with Crippen LogP contribution in [0.25, 0.3) is 0 Å². The van der Waals surface area contributed by atoms with Crippen LogP contribution in [0.5, 0.6) is 5.75 Å². The Bertz CT molecular complexity index is 489. The first-order valence-corrected chi connectivity index (χ1v) is 7.03. The summed E-state index contributed by atoms with van der Waals surface area (Å²) in [6.07, 6.45) is 0.400. The van der Waals surface area contributed by atoms with E-state index in [1.165, 1.54) is 5.56 Å². The zero-order valence-electron chi connectivity index (χ0n) is 10.7. The van der Waals surface area contributed by atoms with Gasteiger partial charge in [-0.05, 0) is 48.4 Å². The van der Waals surface area contributed by atoms with Gasteiger partial charge in [0, 0.05) is 12.0 Å². The Labute approximate surface area is 112 Å². The van der Waals surface area contributed by atoms with Gasteiger partial charge in [0.05, 0.1) is 12.7 Å². The SMILES string of the molecule is Cc1ccc(OCCc2ccsc2)c(C(C)O)c1. The third-order valence-electron chi connectivity index (χ3n) is 2.84. The molecule has 0 amide bonds. The molecule has 0 aliphatic heterocycles. The van der Waals surface area contributed by atoms with Crippen LogP contribution in [0.15, 0.2) is 35.0 Å². The molecule has 0 fully saturated rings. The molecule has 0 bridgehead atoms. The summed E-state index contributed by atoms with van der Waals surface area (Å²) >= 11 is 1.70. The average Bonchev–Trinajstić information content (AvgIpc) is 2.84. The summed E-state index contributed by atoms with van der Waals surface area (Å²) in [7, 11) is 0. The van der Waals surface area contributed by atoms with E-state index < -0.39 is 6.10 Å². The average molecular weight is 262 g/mol. The van der Waals surface area contributed by atoms with Gasteiger partial charge in [0.15, 0.2) is 0 Å². The molecule has 18 heavy (non-hydrogen) atoms. The molecule has 2 aromatic rings. The van der Waals surface area contributed by atoms with Crippen LogP contribution in [0.4, 0.5) is 0 Å².